The van der Waals surface area contributed by atoms with Crippen LogP contribution in [0.5, 0.6) is 0 Å². The second-order valence-electron chi connectivity index (χ2n) is 4.40. The summed E-state index contributed by atoms with van der Waals surface area (Å²) < 4.78 is 0. The molecule has 0 aromatic heterocycles. The summed E-state index contributed by atoms with van der Waals surface area (Å²) in [6, 6.07) is 0. The maximum Gasteiger partial charge on any atom is 0.261 e. The van der Waals surface area contributed by atoms with Gasteiger partial charge in [0, 0.05) is 26.9 Å². The molecule has 0 saturated carbocycles. The zero-order chi connectivity index (χ0) is 17.4. The number of hydrogen-bond acceptors (Lipinski definition) is 6. The summed E-state index contributed by atoms with van der Waals surface area (Å²) in [6.45, 7) is 8.52. The summed E-state index contributed by atoms with van der Waals surface area (Å²) in [5, 5.41) is 19.6. The van der Waals surface area contributed by atoms with E-state index in [1.54, 1.807) is 0 Å². The number of rotatable bonds is 7. The Morgan fingerprint density at radius 2 is 1.14 bits per heavy atom. The molecule has 0 aromatic rings. The van der Waals surface area contributed by atoms with E-state index in [0.29, 0.717) is 9.80 Å². The van der Waals surface area contributed by atoms with Gasteiger partial charge in [0.25, 0.3) is 11.8 Å². The van der Waals surface area contributed by atoms with Crippen molar-refractivity contribution in [2.45, 2.75) is 26.1 Å². The highest BCUT2D eigenvalue weighted by Crippen LogP contribution is 2.06. The zero-order valence-electron chi connectivity index (χ0n) is 12.6. The van der Waals surface area contributed by atoms with Gasteiger partial charge in [-0.1, -0.05) is 12.2 Å². The molecule has 2 atom stereocenters. The molecule has 0 aliphatic carbocycles. The van der Waals surface area contributed by atoms with Crippen LogP contribution in [-0.4, -0.2) is 68.9 Å². The van der Waals surface area contributed by atoms with Crippen LogP contribution in [0.1, 0.15) is 13.8 Å². The quantitative estimate of drug-likeness (QED) is 0.572. The lowest BCUT2D eigenvalue weighted by Crippen LogP contribution is -2.53. The Labute approximate surface area is 128 Å². The standard InChI is InChI=1S/C14H20N2O6/c1-5-7-15(9(3)17)13(21)11(19)12(20)14(22)16(8-6-2)10(4)18/h5-6,11-12,19-20H,1-2,7-8H2,3-4H3/t11-,12-/m1/s1. The average Bonchev–Trinajstić information content (AvgIpc) is 2.46. The molecule has 8 nitrogen and oxygen atoms in total. The number of carbonyl (C=O) groups excluding carboxylic acids is 4. The van der Waals surface area contributed by atoms with Gasteiger partial charge in [0.1, 0.15) is 0 Å². The van der Waals surface area contributed by atoms with E-state index < -0.39 is 35.8 Å². The molecular weight excluding hydrogens is 292 g/mol. The van der Waals surface area contributed by atoms with E-state index in [1.807, 2.05) is 0 Å². The molecule has 0 fully saturated rings. The molecule has 0 spiro atoms. The molecule has 2 N–H and O–H groups in total. The van der Waals surface area contributed by atoms with Gasteiger partial charge in [0.15, 0.2) is 12.2 Å². The Hall–Kier alpha value is -2.32. The molecule has 4 amide bonds. The van der Waals surface area contributed by atoms with Gasteiger partial charge in [-0.25, -0.2) is 0 Å². The van der Waals surface area contributed by atoms with Crippen LogP contribution in [0.25, 0.3) is 0 Å². The molecule has 8 heteroatoms. The van der Waals surface area contributed by atoms with Gasteiger partial charge in [-0.3, -0.25) is 29.0 Å². The highest BCUT2D eigenvalue weighted by molar-refractivity contribution is 6.02. The average molecular weight is 312 g/mol. The first kappa shape index (κ1) is 19.7. The molecule has 22 heavy (non-hydrogen) atoms. The Morgan fingerprint density at radius 1 is 0.864 bits per heavy atom. The number of hydrogen-bond donors (Lipinski definition) is 2. The fraction of sp³-hybridized carbons (Fsp3) is 0.429. The van der Waals surface area contributed by atoms with Gasteiger partial charge in [-0.05, 0) is 0 Å². The molecule has 0 heterocycles. The topological polar surface area (TPSA) is 115 Å². The molecular formula is C14H20N2O6. The molecule has 122 valence electrons. The monoisotopic (exact) mass is 312 g/mol. The minimum Gasteiger partial charge on any atom is -0.380 e. The van der Waals surface area contributed by atoms with E-state index in [0.717, 1.165) is 13.8 Å². The third kappa shape index (κ3) is 4.90. The third-order valence-corrected chi connectivity index (χ3v) is 2.72. The maximum atomic E-state index is 11.9. The van der Waals surface area contributed by atoms with Crippen molar-refractivity contribution in [2.75, 3.05) is 13.1 Å². The molecule has 0 rings (SSSR count). The van der Waals surface area contributed by atoms with E-state index in [-0.39, 0.29) is 13.1 Å². The summed E-state index contributed by atoms with van der Waals surface area (Å²) in [5.74, 6) is -3.68. The van der Waals surface area contributed by atoms with Gasteiger partial charge in [-0.15, -0.1) is 13.2 Å². The van der Waals surface area contributed by atoms with E-state index in [2.05, 4.69) is 13.2 Å². The minimum absolute atomic E-state index is 0.185. The van der Waals surface area contributed by atoms with Crippen LogP contribution in [0.3, 0.4) is 0 Å². The van der Waals surface area contributed by atoms with Crippen molar-refractivity contribution in [2.24, 2.45) is 0 Å². The zero-order valence-corrected chi connectivity index (χ0v) is 12.6. The summed E-state index contributed by atoms with van der Waals surface area (Å²) in [6.07, 6.45) is -1.86. The Morgan fingerprint density at radius 3 is 1.32 bits per heavy atom. The van der Waals surface area contributed by atoms with Crippen LogP contribution in [0.4, 0.5) is 0 Å². The Balaban J connectivity index is 5.20. The number of imide groups is 2. The van der Waals surface area contributed by atoms with Gasteiger partial charge in [0.05, 0.1) is 0 Å². The third-order valence-electron chi connectivity index (χ3n) is 2.72. The second-order valence-corrected chi connectivity index (χ2v) is 4.40. The summed E-state index contributed by atoms with van der Waals surface area (Å²) >= 11 is 0. The van der Waals surface area contributed by atoms with Crippen molar-refractivity contribution in [3.63, 3.8) is 0 Å². The van der Waals surface area contributed by atoms with Gasteiger partial charge in [0.2, 0.25) is 11.8 Å². The number of carbonyl (C=O) groups is 4. The van der Waals surface area contributed by atoms with Crippen LogP contribution in [-0.2, 0) is 19.2 Å². The van der Waals surface area contributed by atoms with E-state index >= 15 is 0 Å². The Kier molecular flexibility index (Phi) is 7.92. The van der Waals surface area contributed by atoms with Crippen molar-refractivity contribution >= 4 is 23.6 Å². The van der Waals surface area contributed by atoms with Crippen molar-refractivity contribution in [1.29, 1.82) is 0 Å². The number of nitrogens with zero attached hydrogens (tertiary/aromatic N) is 2. The van der Waals surface area contributed by atoms with Gasteiger partial charge < -0.3 is 10.2 Å². The van der Waals surface area contributed by atoms with Crippen LogP contribution in [0.15, 0.2) is 25.3 Å². The first-order valence-corrected chi connectivity index (χ1v) is 6.40. The fourth-order valence-electron chi connectivity index (χ4n) is 1.60. The normalized spacial score (nSPS) is 12.7. The molecule has 0 aliphatic rings. The lowest BCUT2D eigenvalue weighted by atomic mass is 10.1. The fourth-order valence-corrected chi connectivity index (χ4v) is 1.60. The van der Waals surface area contributed by atoms with Gasteiger partial charge in [-0.2, -0.15) is 0 Å². The van der Waals surface area contributed by atoms with Crippen LogP contribution in [0.2, 0.25) is 0 Å². The summed E-state index contributed by atoms with van der Waals surface area (Å²) in [4.78, 5) is 47.8. The smallest absolute Gasteiger partial charge is 0.261 e. The lowest BCUT2D eigenvalue weighted by Gasteiger charge is -2.26. The number of aliphatic hydroxyl groups is 2. The first-order valence-electron chi connectivity index (χ1n) is 6.40. The summed E-state index contributed by atoms with van der Waals surface area (Å²) in [5.41, 5.74) is 0. The molecule has 0 saturated heterocycles. The predicted octanol–water partition coefficient (Wildman–Crippen LogP) is -1.17. The lowest BCUT2D eigenvalue weighted by molar-refractivity contribution is -0.163. The molecule has 0 unspecified atom stereocenters. The molecule has 0 radical (unpaired) electrons. The van der Waals surface area contributed by atoms with E-state index in [1.165, 1.54) is 12.2 Å². The van der Waals surface area contributed by atoms with Gasteiger partial charge >= 0.3 is 0 Å². The molecule has 0 bridgehead atoms. The van der Waals surface area contributed by atoms with Crippen molar-refractivity contribution < 1.29 is 29.4 Å². The van der Waals surface area contributed by atoms with E-state index in [9.17, 15) is 29.4 Å². The number of aliphatic hydroxyl groups excluding tert-OH is 2. The van der Waals surface area contributed by atoms with Crippen LogP contribution >= 0.6 is 0 Å². The largest absolute Gasteiger partial charge is 0.380 e. The predicted molar refractivity (Wildman–Crippen MR) is 77.2 cm³/mol. The Bertz CT molecular complexity index is 444. The molecule has 0 aromatic carbocycles. The summed E-state index contributed by atoms with van der Waals surface area (Å²) in [7, 11) is 0. The highest BCUT2D eigenvalue weighted by atomic mass is 16.3. The van der Waals surface area contributed by atoms with Crippen molar-refractivity contribution in [3.8, 4) is 0 Å². The number of amides is 4. The van der Waals surface area contributed by atoms with Crippen LogP contribution in [0, 0.1) is 0 Å². The highest BCUT2D eigenvalue weighted by Gasteiger charge is 2.37. The first-order chi connectivity index (χ1) is 10.2. The van der Waals surface area contributed by atoms with E-state index in [4.69, 9.17) is 0 Å². The maximum absolute atomic E-state index is 11.9. The second kappa shape index (κ2) is 8.85. The van der Waals surface area contributed by atoms with Crippen molar-refractivity contribution in [1.82, 2.24) is 9.80 Å². The minimum atomic E-state index is -2.18. The van der Waals surface area contributed by atoms with Crippen molar-refractivity contribution in [3.05, 3.63) is 25.3 Å². The molecule has 0 aliphatic heterocycles. The van der Waals surface area contributed by atoms with Crippen LogP contribution < -0.4 is 0 Å². The SMILES string of the molecule is C=CCN(C(C)=O)C(=O)[C@H](O)[C@@H](O)C(=O)N(CC=C)C(C)=O.